The summed E-state index contributed by atoms with van der Waals surface area (Å²) in [4.78, 5) is 23.6. The van der Waals surface area contributed by atoms with Crippen molar-refractivity contribution in [2.24, 2.45) is 5.92 Å². The van der Waals surface area contributed by atoms with Crippen molar-refractivity contribution in [2.75, 3.05) is 13.1 Å². The van der Waals surface area contributed by atoms with Gasteiger partial charge in [-0.25, -0.2) is 0 Å². The number of Topliss-reactive ketones (excluding diaryl/α,β-unsaturated/α-hetero) is 1. The van der Waals surface area contributed by atoms with E-state index in [0.717, 1.165) is 13.0 Å². The minimum Gasteiger partial charge on any atom is -0.316 e. The number of benzene rings is 1. The van der Waals surface area contributed by atoms with Crippen LogP contribution in [-0.4, -0.2) is 29.3 Å². The Hall–Kier alpha value is -1.75. The average molecular weight is 262 g/mol. The first kappa shape index (κ1) is 13.7. The average Bonchev–Trinajstić information content (AvgIpc) is 2.47. The number of hydrogen-bond donors (Lipinski definition) is 1. The molecule has 19 heavy (non-hydrogen) atoms. The molecule has 1 fully saturated rings. The lowest BCUT2D eigenvalue weighted by atomic mass is 9.76. The van der Waals surface area contributed by atoms with E-state index in [4.69, 9.17) is 0 Å². The molecule has 0 radical (unpaired) electrons. The van der Waals surface area contributed by atoms with Crippen molar-refractivity contribution in [3.05, 3.63) is 46.0 Å². The predicted octanol–water partition coefficient (Wildman–Crippen LogP) is 1.90. The number of rotatable bonds is 4. The van der Waals surface area contributed by atoms with Crippen molar-refractivity contribution in [3.8, 4) is 0 Å². The van der Waals surface area contributed by atoms with E-state index in [0.29, 0.717) is 18.5 Å². The smallest absolute Gasteiger partial charge is 0.284 e. The second kappa shape index (κ2) is 5.48. The molecule has 102 valence electrons. The molecule has 1 aromatic rings. The molecule has 5 nitrogen and oxygen atoms in total. The van der Waals surface area contributed by atoms with Gasteiger partial charge in [-0.3, -0.25) is 14.9 Å². The molecule has 0 spiro atoms. The van der Waals surface area contributed by atoms with Crippen molar-refractivity contribution in [1.29, 1.82) is 0 Å². The topological polar surface area (TPSA) is 72.2 Å². The Morgan fingerprint density at radius 3 is 2.63 bits per heavy atom. The van der Waals surface area contributed by atoms with Crippen LogP contribution in [0.4, 0.5) is 0 Å². The fourth-order valence-corrected chi connectivity index (χ4v) is 2.63. The number of ketones is 1. The van der Waals surface area contributed by atoms with Crippen molar-refractivity contribution < 1.29 is 9.72 Å². The zero-order valence-electron chi connectivity index (χ0n) is 11.0. The molecule has 1 aliphatic rings. The molecule has 1 heterocycles. The summed E-state index contributed by atoms with van der Waals surface area (Å²) in [5.74, 6) is -0.657. The second-order valence-corrected chi connectivity index (χ2v) is 5.14. The summed E-state index contributed by atoms with van der Waals surface area (Å²) in [7, 11) is 0. The Morgan fingerprint density at radius 2 is 2.11 bits per heavy atom. The number of hydrogen-bond acceptors (Lipinski definition) is 4. The molecule has 0 bridgehead atoms. The van der Waals surface area contributed by atoms with Crippen LogP contribution in [0, 0.1) is 16.0 Å². The molecule has 0 saturated carbocycles. The Bertz CT molecular complexity index is 469. The van der Waals surface area contributed by atoms with Gasteiger partial charge < -0.3 is 5.32 Å². The van der Waals surface area contributed by atoms with Gasteiger partial charge in [0.15, 0.2) is 0 Å². The molecular weight excluding hydrogens is 244 g/mol. The number of carbonyl (C=O) groups is 1. The fourth-order valence-electron chi connectivity index (χ4n) is 2.63. The molecule has 0 aliphatic carbocycles. The molecule has 2 unspecified atom stereocenters. The Balaban J connectivity index is 2.33. The SMILES string of the molecule is CC(C(=O)c1ccccc1)(C1CCCNC1)[N+](=O)[O-]. The maximum Gasteiger partial charge on any atom is 0.284 e. The van der Waals surface area contributed by atoms with Gasteiger partial charge in [0.1, 0.15) is 0 Å². The monoisotopic (exact) mass is 262 g/mol. The van der Waals surface area contributed by atoms with E-state index in [1.807, 2.05) is 0 Å². The summed E-state index contributed by atoms with van der Waals surface area (Å²) < 4.78 is 0. The van der Waals surface area contributed by atoms with E-state index in [1.54, 1.807) is 30.3 Å². The highest BCUT2D eigenvalue weighted by atomic mass is 16.6. The highest BCUT2D eigenvalue weighted by Crippen LogP contribution is 2.30. The Morgan fingerprint density at radius 1 is 1.42 bits per heavy atom. The van der Waals surface area contributed by atoms with Gasteiger partial charge >= 0.3 is 0 Å². The van der Waals surface area contributed by atoms with Crippen LogP contribution < -0.4 is 5.32 Å². The third-order valence-electron chi connectivity index (χ3n) is 3.97. The Labute approximate surface area is 112 Å². The Kier molecular flexibility index (Phi) is 3.95. The molecule has 1 N–H and O–H groups in total. The minimum atomic E-state index is -1.55. The van der Waals surface area contributed by atoms with Gasteiger partial charge in [0.2, 0.25) is 5.78 Å². The first-order chi connectivity index (χ1) is 9.06. The molecule has 2 rings (SSSR count). The lowest BCUT2D eigenvalue weighted by Crippen LogP contribution is -2.54. The van der Waals surface area contributed by atoms with Crippen molar-refractivity contribution >= 4 is 5.78 Å². The molecule has 1 saturated heterocycles. The normalized spacial score (nSPS) is 22.5. The summed E-state index contributed by atoms with van der Waals surface area (Å²) >= 11 is 0. The molecular formula is C14H18N2O3. The predicted molar refractivity (Wildman–Crippen MR) is 71.8 cm³/mol. The molecule has 5 heteroatoms. The van der Waals surface area contributed by atoms with Gasteiger partial charge in [-0.15, -0.1) is 0 Å². The third kappa shape index (κ3) is 2.51. The van der Waals surface area contributed by atoms with Gasteiger partial charge in [-0.2, -0.15) is 0 Å². The standard InChI is InChI=1S/C14H18N2O3/c1-14(16(18)19,12-8-5-9-15-10-12)13(17)11-6-3-2-4-7-11/h2-4,6-7,12,15H,5,8-10H2,1H3. The molecule has 1 aromatic carbocycles. The largest absolute Gasteiger partial charge is 0.316 e. The van der Waals surface area contributed by atoms with Crippen LogP contribution in [0.1, 0.15) is 30.1 Å². The number of nitro groups is 1. The maximum atomic E-state index is 12.5. The highest BCUT2D eigenvalue weighted by Gasteiger charge is 2.52. The van der Waals surface area contributed by atoms with E-state index in [-0.39, 0.29) is 5.92 Å². The molecule has 1 aliphatic heterocycles. The van der Waals surface area contributed by atoms with E-state index < -0.39 is 16.2 Å². The van der Waals surface area contributed by atoms with Crippen LogP contribution in [0.25, 0.3) is 0 Å². The molecule has 0 aromatic heterocycles. The summed E-state index contributed by atoms with van der Waals surface area (Å²) in [5.41, 5.74) is -1.14. The summed E-state index contributed by atoms with van der Waals surface area (Å²) in [6.07, 6.45) is 1.58. The van der Waals surface area contributed by atoms with Crippen LogP contribution in [0.3, 0.4) is 0 Å². The van der Waals surface area contributed by atoms with Crippen molar-refractivity contribution in [3.63, 3.8) is 0 Å². The van der Waals surface area contributed by atoms with E-state index >= 15 is 0 Å². The fraction of sp³-hybridized carbons (Fsp3) is 0.500. The number of carbonyl (C=O) groups excluding carboxylic acids is 1. The second-order valence-electron chi connectivity index (χ2n) is 5.14. The van der Waals surface area contributed by atoms with Crippen molar-refractivity contribution in [2.45, 2.75) is 25.3 Å². The van der Waals surface area contributed by atoms with Crippen LogP contribution in [-0.2, 0) is 0 Å². The maximum absolute atomic E-state index is 12.5. The zero-order chi connectivity index (χ0) is 13.9. The number of nitrogens with zero attached hydrogens (tertiary/aromatic N) is 1. The van der Waals surface area contributed by atoms with Gasteiger partial charge in [-0.1, -0.05) is 30.3 Å². The van der Waals surface area contributed by atoms with E-state index in [1.165, 1.54) is 6.92 Å². The van der Waals surface area contributed by atoms with Crippen LogP contribution >= 0.6 is 0 Å². The lowest BCUT2D eigenvalue weighted by Gasteiger charge is -2.31. The summed E-state index contributed by atoms with van der Waals surface area (Å²) in [6.45, 7) is 2.85. The van der Waals surface area contributed by atoms with Gasteiger partial charge in [-0.05, 0) is 19.4 Å². The number of piperidine rings is 1. The van der Waals surface area contributed by atoms with E-state index in [2.05, 4.69) is 5.32 Å². The summed E-state index contributed by atoms with van der Waals surface area (Å²) in [5, 5.41) is 14.6. The van der Waals surface area contributed by atoms with Crippen LogP contribution in [0.5, 0.6) is 0 Å². The van der Waals surface area contributed by atoms with E-state index in [9.17, 15) is 14.9 Å². The molecule has 0 amide bonds. The minimum absolute atomic E-state index is 0.260. The van der Waals surface area contributed by atoms with Gasteiger partial charge in [0.05, 0.1) is 0 Å². The van der Waals surface area contributed by atoms with Gasteiger partial charge in [0, 0.05) is 29.9 Å². The molecule has 2 atom stereocenters. The summed E-state index contributed by atoms with van der Waals surface area (Å²) in [6, 6.07) is 8.53. The first-order valence-electron chi connectivity index (χ1n) is 6.52. The number of nitrogens with one attached hydrogen (secondary N) is 1. The zero-order valence-corrected chi connectivity index (χ0v) is 11.0. The van der Waals surface area contributed by atoms with Crippen LogP contribution in [0.2, 0.25) is 0 Å². The van der Waals surface area contributed by atoms with Crippen LogP contribution in [0.15, 0.2) is 30.3 Å². The first-order valence-corrected chi connectivity index (χ1v) is 6.52. The van der Waals surface area contributed by atoms with Gasteiger partial charge in [0.25, 0.3) is 5.54 Å². The van der Waals surface area contributed by atoms with Crippen molar-refractivity contribution in [1.82, 2.24) is 5.32 Å². The lowest BCUT2D eigenvalue weighted by molar-refractivity contribution is -0.556. The quantitative estimate of drug-likeness (QED) is 0.511. The third-order valence-corrected chi connectivity index (χ3v) is 3.97. The highest BCUT2D eigenvalue weighted by molar-refractivity contribution is 6.02.